The van der Waals surface area contributed by atoms with Gasteiger partial charge in [-0.25, -0.2) is 4.79 Å². The minimum atomic E-state index is -5.74. The summed E-state index contributed by atoms with van der Waals surface area (Å²) in [6.07, 6.45) is -4.19. The number of amides is 2. The summed E-state index contributed by atoms with van der Waals surface area (Å²) in [7, 11) is 0. The lowest BCUT2D eigenvalue weighted by Gasteiger charge is -2.18. The molecule has 1 aromatic carbocycles. The minimum Gasteiger partial charge on any atom is -0.330 e. The van der Waals surface area contributed by atoms with Crippen LogP contribution in [0.25, 0.3) is 10.2 Å². The fourth-order valence-corrected chi connectivity index (χ4v) is 2.86. The maximum Gasteiger partial charge on any atom is 0.455 e. The van der Waals surface area contributed by atoms with E-state index in [4.69, 9.17) is 0 Å². The van der Waals surface area contributed by atoms with Gasteiger partial charge in [-0.05, 0) is 12.1 Å². The van der Waals surface area contributed by atoms with Crippen LogP contribution >= 0.6 is 11.3 Å². The number of aromatic nitrogens is 1. The van der Waals surface area contributed by atoms with Gasteiger partial charge in [0, 0.05) is 6.54 Å². The number of thiazole rings is 1. The summed E-state index contributed by atoms with van der Waals surface area (Å²) in [5, 5.41) is 1.48. The molecule has 2 amide bonds. The summed E-state index contributed by atoms with van der Waals surface area (Å²) in [4.78, 5) is 15.4. The van der Waals surface area contributed by atoms with Gasteiger partial charge in [0.25, 0.3) is 0 Å². The van der Waals surface area contributed by atoms with E-state index in [1.54, 1.807) is 34.9 Å². The highest BCUT2D eigenvalue weighted by atomic mass is 32.1. The van der Waals surface area contributed by atoms with Crippen LogP contribution in [-0.2, 0) is 6.54 Å². The molecule has 2 aromatic rings. The molecule has 130 valence electrons. The third kappa shape index (κ3) is 3.81. The molecule has 1 N–H and O–H groups in total. The average Bonchev–Trinajstić information content (AvgIpc) is 2.82. The molecule has 0 aliphatic heterocycles. The number of allylic oxidation sites excluding steroid dienone is 1. The monoisotopic (exact) mass is 365 g/mol. The van der Waals surface area contributed by atoms with Crippen molar-refractivity contribution in [3.8, 4) is 0 Å². The fourth-order valence-electron chi connectivity index (χ4n) is 1.82. The lowest BCUT2D eigenvalue weighted by molar-refractivity contribution is -0.278. The quantitative estimate of drug-likeness (QED) is 0.652. The predicted molar refractivity (Wildman–Crippen MR) is 80.0 cm³/mol. The van der Waals surface area contributed by atoms with Crippen molar-refractivity contribution in [2.45, 2.75) is 18.6 Å². The van der Waals surface area contributed by atoms with Gasteiger partial charge in [0.15, 0.2) is 4.80 Å². The van der Waals surface area contributed by atoms with Crippen molar-refractivity contribution in [2.75, 3.05) is 6.54 Å². The lowest BCUT2D eigenvalue weighted by atomic mass is 10.3. The van der Waals surface area contributed by atoms with Gasteiger partial charge in [0.2, 0.25) is 0 Å². The molecular formula is C14H12F5N3OS. The van der Waals surface area contributed by atoms with Crippen LogP contribution in [0.3, 0.4) is 0 Å². The molecule has 0 fully saturated rings. The van der Waals surface area contributed by atoms with E-state index in [1.807, 2.05) is 0 Å². The second-order valence-corrected chi connectivity index (χ2v) is 5.73. The number of hydrogen-bond acceptors (Lipinski definition) is 2. The maximum atomic E-state index is 12.8. The number of carbonyl (C=O) groups is 1. The molecular weight excluding hydrogens is 353 g/mol. The summed E-state index contributed by atoms with van der Waals surface area (Å²) in [6, 6.07) is 5.80. The summed E-state index contributed by atoms with van der Waals surface area (Å²) in [5.74, 6) is -5.02. The fraction of sp³-hybridized carbons (Fsp3) is 0.286. The van der Waals surface area contributed by atoms with Gasteiger partial charge < -0.3 is 9.88 Å². The third-order valence-electron chi connectivity index (χ3n) is 2.97. The molecule has 0 aliphatic rings. The summed E-state index contributed by atoms with van der Waals surface area (Å²) in [6.45, 7) is 2.01. The van der Waals surface area contributed by atoms with E-state index >= 15 is 0 Å². The van der Waals surface area contributed by atoms with Gasteiger partial charge in [0.1, 0.15) is 0 Å². The first-order valence-electron chi connectivity index (χ1n) is 6.62. The van der Waals surface area contributed by atoms with Gasteiger partial charge in [-0.1, -0.05) is 29.5 Å². The Morgan fingerprint density at radius 1 is 1.29 bits per heavy atom. The van der Waals surface area contributed by atoms with Crippen LogP contribution in [-0.4, -0.2) is 29.2 Å². The number of fused-ring (bicyclic) bond motifs is 1. The Kier molecular flexibility index (Phi) is 5.07. The van der Waals surface area contributed by atoms with E-state index in [0.29, 0.717) is 6.54 Å². The van der Waals surface area contributed by atoms with Crippen LogP contribution in [0.15, 0.2) is 41.9 Å². The molecule has 0 bridgehead atoms. The molecule has 0 saturated carbocycles. The van der Waals surface area contributed by atoms with Gasteiger partial charge in [0.05, 0.1) is 16.8 Å². The highest BCUT2D eigenvalue weighted by Gasteiger charge is 2.57. The van der Waals surface area contributed by atoms with E-state index in [9.17, 15) is 26.7 Å². The topological polar surface area (TPSA) is 46.4 Å². The van der Waals surface area contributed by atoms with Crippen molar-refractivity contribution in [3.63, 3.8) is 0 Å². The summed E-state index contributed by atoms with van der Waals surface area (Å²) >= 11 is 1.11. The van der Waals surface area contributed by atoms with E-state index in [-0.39, 0.29) is 4.80 Å². The van der Waals surface area contributed by atoms with Gasteiger partial charge in [-0.2, -0.15) is 26.9 Å². The number of rotatable bonds is 4. The van der Waals surface area contributed by atoms with Gasteiger partial charge >= 0.3 is 18.1 Å². The van der Waals surface area contributed by atoms with Crippen LogP contribution in [0, 0.1) is 0 Å². The van der Waals surface area contributed by atoms with Crippen molar-refractivity contribution >= 4 is 27.6 Å². The summed E-state index contributed by atoms with van der Waals surface area (Å²) < 4.78 is 64.2. The highest BCUT2D eigenvalue weighted by molar-refractivity contribution is 7.16. The molecule has 0 unspecified atom stereocenters. The Hall–Kier alpha value is -2.23. The average molecular weight is 365 g/mol. The second kappa shape index (κ2) is 6.71. The number of benzene rings is 1. The van der Waals surface area contributed by atoms with Gasteiger partial charge in [-0.15, -0.1) is 6.58 Å². The van der Waals surface area contributed by atoms with E-state index in [2.05, 4.69) is 11.6 Å². The van der Waals surface area contributed by atoms with Crippen molar-refractivity contribution in [3.05, 3.63) is 41.7 Å². The Morgan fingerprint density at radius 3 is 2.58 bits per heavy atom. The molecule has 0 spiro atoms. The van der Waals surface area contributed by atoms with Crippen molar-refractivity contribution in [1.29, 1.82) is 0 Å². The Bertz CT molecular complexity index is 822. The Morgan fingerprint density at radius 2 is 1.96 bits per heavy atom. The maximum absolute atomic E-state index is 12.8. The van der Waals surface area contributed by atoms with E-state index in [0.717, 1.165) is 21.6 Å². The number of hydrogen-bond donors (Lipinski definition) is 1. The van der Waals surface area contributed by atoms with Gasteiger partial charge in [-0.3, -0.25) is 0 Å². The van der Waals surface area contributed by atoms with Crippen LogP contribution in [0.2, 0.25) is 0 Å². The van der Waals surface area contributed by atoms with Crippen molar-refractivity contribution in [1.82, 2.24) is 9.88 Å². The smallest absolute Gasteiger partial charge is 0.330 e. The number of alkyl halides is 5. The van der Waals surface area contributed by atoms with Crippen molar-refractivity contribution in [2.24, 2.45) is 4.99 Å². The molecule has 24 heavy (non-hydrogen) atoms. The first-order valence-corrected chi connectivity index (χ1v) is 7.44. The molecule has 0 aliphatic carbocycles. The Balaban J connectivity index is 2.28. The van der Waals surface area contributed by atoms with Crippen molar-refractivity contribution < 1.29 is 26.7 Å². The highest BCUT2D eigenvalue weighted by Crippen LogP contribution is 2.34. The normalized spacial score (nSPS) is 13.3. The molecule has 0 radical (unpaired) electrons. The zero-order valence-corrected chi connectivity index (χ0v) is 12.9. The first-order chi connectivity index (χ1) is 11.2. The number of para-hydroxylation sites is 1. The number of halogens is 5. The molecule has 0 atom stereocenters. The molecule has 2 rings (SSSR count). The predicted octanol–water partition coefficient (Wildman–Crippen LogP) is 3.70. The SMILES string of the molecule is C=CCn1c(=NC(=O)NCC(F)(F)C(F)(F)F)sc2ccccc21. The van der Waals surface area contributed by atoms with Crippen LogP contribution in [0.1, 0.15) is 0 Å². The molecule has 0 saturated heterocycles. The van der Waals surface area contributed by atoms with E-state index < -0.39 is 24.7 Å². The largest absolute Gasteiger partial charge is 0.455 e. The minimum absolute atomic E-state index is 0.170. The second-order valence-electron chi connectivity index (χ2n) is 4.72. The number of carbonyl (C=O) groups excluding carboxylic acids is 1. The summed E-state index contributed by atoms with van der Waals surface area (Å²) in [5.41, 5.74) is 0.745. The Labute approximate surface area is 136 Å². The lowest BCUT2D eigenvalue weighted by Crippen LogP contribution is -2.46. The number of urea groups is 1. The zero-order valence-electron chi connectivity index (χ0n) is 12.1. The molecule has 1 heterocycles. The molecule has 1 aromatic heterocycles. The zero-order chi connectivity index (χ0) is 18.0. The van der Waals surface area contributed by atoms with Crippen LogP contribution in [0.4, 0.5) is 26.7 Å². The first kappa shape index (κ1) is 18.1. The van der Waals surface area contributed by atoms with E-state index in [1.165, 1.54) is 5.32 Å². The van der Waals surface area contributed by atoms with Crippen LogP contribution < -0.4 is 10.1 Å². The standard InChI is InChI=1S/C14H12F5N3OS/c1-2-7-22-9-5-3-4-6-10(9)24-12(22)21-11(23)20-8-13(15,16)14(17,18)19/h2-6H,1,7-8H2,(H,20,23). The molecule has 4 nitrogen and oxygen atoms in total. The number of nitrogens with zero attached hydrogens (tertiary/aromatic N) is 2. The number of nitrogens with one attached hydrogen (secondary N) is 1. The third-order valence-corrected chi connectivity index (χ3v) is 4.03. The molecule has 10 heteroatoms. The van der Waals surface area contributed by atoms with Crippen LogP contribution in [0.5, 0.6) is 0 Å².